The van der Waals surface area contributed by atoms with Crippen molar-refractivity contribution in [3.8, 4) is 0 Å². The number of hydrogen-bond donors (Lipinski definition) is 1. The van der Waals surface area contributed by atoms with Gasteiger partial charge < -0.3 is 10.0 Å². The molecule has 0 unspecified atom stereocenters. The summed E-state index contributed by atoms with van der Waals surface area (Å²) in [6, 6.07) is 7.45. The fourth-order valence-corrected chi connectivity index (χ4v) is 2.54. The summed E-state index contributed by atoms with van der Waals surface area (Å²) in [6.07, 6.45) is 1.83. The molecule has 1 aliphatic rings. The highest BCUT2D eigenvalue weighted by molar-refractivity contribution is 6.07. The van der Waals surface area contributed by atoms with Gasteiger partial charge in [0, 0.05) is 18.5 Å². The first kappa shape index (κ1) is 13.8. The molecule has 1 atom stereocenters. The van der Waals surface area contributed by atoms with Gasteiger partial charge in [0.1, 0.15) is 0 Å². The van der Waals surface area contributed by atoms with E-state index in [-0.39, 0.29) is 17.7 Å². The molecule has 0 fully saturated rings. The largest absolute Gasteiger partial charge is 0.375 e. The Kier molecular flexibility index (Phi) is 3.27. The molecule has 102 valence electrons. The zero-order valence-corrected chi connectivity index (χ0v) is 11.8. The van der Waals surface area contributed by atoms with Gasteiger partial charge in [-0.1, -0.05) is 45.0 Å². The number of carbonyl (C=O) groups is 1. The van der Waals surface area contributed by atoms with Crippen LogP contribution in [0.3, 0.4) is 0 Å². The molecule has 0 aliphatic carbocycles. The maximum Gasteiger partial charge on any atom is 0.264 e. The molecule has 1 N–H and O–H groups in total. The molecule has 19 heavy (non-hydrogen) atoms. The summed E-state index contributed by atoms with van der Waals surface area (Å²) in [5, 5.41) is 10.7. The minimum atomic E-state index is -1.45. The molecular formula is C16H21NO2. The predicted octanol–water partition coefficient (Wildman–Crippen LogP) is 2.84. The van der Waals surface area contributed by atoms with Crippen LogP contribution in [0.1, 0.15) is 32.8 Å². The van der Waals surface area contributed by atoms with E-state index >= 15 is 0 Å². The van der Waals surface area contributed by atoms with Crippen LogP contribution in [0.5, 0.6) is 0 Å². The molecule has 3 nitrogen and oxygen atoms in total. The van der Waals surface area contributed by atoms with Crippen LogP contribution >= 0.6 is 0 Å². The van der Waals surface area contributed by atoms with Crippen LogP contribution in [0.4, 0.5) is 5.69 Å². The Labute approximate surface area is 114 Å². The van der Waals surface area contributed by atoms with Crippen LogP contribution in [-0.2, 0) is 10.4 Å². The van der Waals surface area contributed by atoms with Gasteiger partial charge in [-0.25, -0.2) is 0 Å². The number of rotatable bonds is 3. The predicted molar refractivity (Wildman–Crippen MR) is 77.0 cm³/mol. The zero-order valence-electron chi connectivity index (χ0n) is 11.8. The van der Waals surface area contributed by atoms with Crippen LogP contribution in [-0.4, -0.2) is 17.6 Å². The van der Waals surface area contributed by atoms with E-state index in [4.69, 9.17) is 0 Å². The lowest BCUT2D eigenvalue weighted by atomic mass is 9.92. The van der Waals surface area contributed by atoms with Gasteiger partial charge in [0.05, 0.1) is 5.69 Å². The summed E-state index contributed by atoms with van der Waals surface area (Å²) in [4.78, 5) is 14.3. The summed E-state index contributed by atoms with van der Waals surface area (Å²) in [7, 11) is 0. The van der Waals surface area contributed by atoms with Gasteiger partial charge in [-0.15, -0.1) is 6.58 Å². The SMILES string of the molecule is C=CC[C@@]1(O)C(=O)N(CC(C)(C)C)c2ccccc21. The van der Waals surface area contributed by atoms with E-state index in [1.165, 1.54) is 0 Å². The van der Waals surface area contributed by atoms with Crippen molar-refractivity contribution in [1.82, 2.24) is 0 Å². The molecular weight excluding hydrogens is 238 g/mol. The number of carbonyl (C=O) groups excluding carboxylic acids is 1. The van der Waals surface area contributed by atoms with E-state index in [1.807, 2.05) is 24.3 Å². The normalized spacial score (nSPS) is 22.5. The first-order valence-corrected chi connectivity index (χ1v) is 6.54. The van der Waals surface area contributed by atoms with Gasteiger partial charge in [0.25, 0.3) is 5.91 Å². The molecule has 1 aliphatic heterocycles. The summed E-state index contributed by atoms with van der Waals surface area (Å²) >= 11 is 0. The second-order valence-corrected chi connectivity index (χ2v) is 6.32. The van der Waals surface area contributed by atoms with E-state index < -0.39 is 5.60 Å². The van der Waals surface area contributed by atoms with E-state index in [9.17, 15) is 9.90 Å². The minimum absolute atomic E-state index is 0.0256. The Morgan fingerprint density at radius 1 is 1.37 bits per heavy atom. The fraction of sp³-hybridized carbons (Fsp3) is 0.438. The lowest BCUT2D eigenvalue weighted by Gasteiger charge is -2.28. The van der Waals surface area contributed by atoms with E-state index in [2.05, 4.69) is 27.4 Å². The Bertz CT molecular complexity index is 516. The Balaban J connectivity index is 2.50. The smallest absolute Gasteiger partial charge is 0.264 e. The van der Waals surface area contributed by atoms with Crippen molar-refractivity contribution >= 4 is 11.6 Å². The molecule has 0 bridgehead atoms. The molecule has 0 radical (unpaired) electrons. The van der Waals surface area contributed by atoms with Crippen molar-refractivity contribution < 1.29 is 9.90 Å². The molecule has 0 aromatic heterocycles. The Hall–Kier alpha value is -1.61. The number of anilines is 1. The second-order valence-electron chi connectivity index (χ2n) is 6.32. The average Bonchev–Trinajstić information content (AvgIpc) is 2.52. The number of benzene rings is 1. The molecule has 0 spiro atoms. The third kappa shape index (κ3) is 2.30. The number of amides is 1. The van der Waals surface area contributed by atoms with Gasteiger partial charge in [0.15, 0.2) is 5.60 Å². The fourth-order valence-electron chi connectivity index (χ4n) is 2.54. The first-order chi connectivity index (χ1) is 8.79. The van der Waals surface area contributed by atoms with Gasteiger partial charge in [-0.05, 0) is 11.5 Å². The lowest BCUT2D eigenvalue weighted by Crippen LogP contribution is -2.43. The van der Waals surface area contributed by atoms with Crippen molar-refractivity contribution in [2.75, 3.05) is 11.4 Å². The van der Waals surface area contributed by atoms with Gasteiger partial charge >= 0.3 is 0 Å². The third-order valence-corrected chi connectivity index (χ3v) is 3.31. The third-order valence-electron chi connectivity index (χ3n) is 3.31. The maximum atomic E-state index is 12.6. The molecule has 1 aromatic rings. The molecule has 0 saturated heterocycles. The van der Waals surface area contributed by atoms with Crippen LogP contribution in [0.2, 0.25) is 0 Å². The van der Waals surface area contributed by atoms with Crippen LogP contribution < -0.4 is 4.90 Å². The summed E-state index contributed by atoms with van der Waals surface area (Å²) in [6.45, 7) is 10.5. The maximum absolute atomic E-state index is 12.6. The Morgan fingerprint density at radius 2 is 2.00 bits per heavy atom. The number of aliphatic hydroxyl groups is 1. The average molecular weight is 259 g/mol. The minimum Gasteiger partial charge on any atom is -0.375 e. The van der Waals surface area contributed by atoms with E-state index in [0.717, 1.165) is 5.69 Å². The highest BCUT2D eigenvalue weighted by Crippen LogP contribution is 2.43. The molecule has 2 rings (SSSR count). The van der Waals surface area contributed by atoms with E-state index in [0.29, 0.717) is 12.1 Å². The van der Waals surface area contributed by atoms with Crippen molar-refractivity contribution in [2.24, 2.45) is 5.41 Å². The number of hydrogen-bond acceptors (Lipinski definition) is 2. The highest BCUT2D eigenvalue weighted by Gasteiger charge is 2.49. The van der Waals surface area contributed by atoms with Gasteiger partial charge in [-0.3, -0.25) is 4.79 Å². The van der Waals surface area contributed by atoms with Crippen molar-refractivity contribution in [3.05, 3.63) is 42.5 Å². The standard InChI is InChI=1S/C16H21NO2/c1-5-10-16(19)12-8-6-7-9-13(12)17(14(16)18)11-15(2,3)4/h5-9,19H,1,10-11H2,2-4H3/t16-/m0/s1. The van der Waals surface area contributed by atoms with Crippen LogP contribution in [0, 0.1) is 5.41 Å². The summed E-state index contributed by atoms with van der Waals surface area (Å²) in [5.41, 5.74) is 0.0159. The van der Waals surface area contributed by atoms with Gasteiger partial charge in [0.2, 0.25) is 0 Å². The number of fused-ring (bicyclic) bond motifs is 1. The summed E-state index contributed by atoms with van der Waals surface area (Å²) in [5.74, 6) is -0.247. The number of nitrogens with zero attached hydrogens (tertiary/aromatic N) is 1. The highest BCUT2D eigenvalue weighted by atomic mass is 16.3. The van der Waals surface area contributed by atoms with Crippen LogP contribution in [0.25, 0.3) is 0 Å². The van der Waals surface area contributed by atoms with Gasteiger partial charge in [-0.2, -0.15) is 0 Å². The zero-order chi connectivity index (χ0) is 14.3. The van der Waals surface area contributed by atoms with Crippen molar-refractivity contribution in [2.45, 2.75) is 32.8 Å². The molecule has 3 heteroatoms. The van der Waals surface area contributed by atoms with E-state index in [1.54, 1.807) is 11.0 Å². The topological polar surface area (TPSA) is 40.5 Å². The molecule has 0 saturated carbocycles. The number of para-hydroxylation sites is 1. The monoisotopic (exact) mass is 259 g/mol. The first-order valence-electron chi connectivity index (χ1n) is 6.54. The van der Waals surface area contributed by atoms with Crippen molar-refractivity contribution in [3.63, 3.8) is 0 Å². The second kappa shape index (κ2) is 4.49. The quantitative estimate of drug-likeness (QED) is 0.848. The molecule has 1 heterocycles. The lowest BCUT2D eigenvalue weighted by molar-refractivity contribution is -0.136. The van der Waals surface area contributed by atoms with Crippen LogP contribution in [0.15, 0.2) is 36.9 Å². The summed E-state index contributed by atoms with van der Waals surface area (Å²) < 4.78 is 0. The Morgan fingerprint density at radius 3 is 2.58 bits per heavy atom. The molecule has 1 amide bonds. The van der Waals surface area contributed by atoms with Crippen molar-refractivity contribution in [1.29, 1.82) is 0 Å². The molecule has 1 aromatic carbocycles.